The van der Waals surface area contributed by atoms with Crippen molar-refractivity contribution in [3.05, 3.63) is 0 Å². The summed E-state index contributed by atoms with van der Waals surface area (Å²) in [4.78, 5) is 12.2. The highest BCUT2D eigenvalue weighted by atomic mass is 16.6. The van der Waals surface area contributed by atoms with E-state index in [9.17, 15) is 4.79 Å². The highest BCUT2D eigenvalue weighted by molar-refractivity contribution is 5.68. The lowest BCUT2D eigenvalue weighted by molar-refractivity contribution is 0.0488. The molecular formula is C19H36N2O2. The summed E-state index contributed by atoms with van der Waals surface area (Å²) in [5, 5.41) is 7.01. The molecule has 2 aliphatic carbocycles. The first-order valence-corrected chi connectivity index (χ1v) is 9.63. The molecule has 0 radical (unpaired) electrons. The van der Waals surface area contributed by atoms with Crippen molar-refractivity contribution >= 4 is 6.09 Å². The standard InChI is InChI=1S/C19H36N2O2/c1-5-14-11-12-15(13-14)20-16-9-7-6-8-10-17(16)21-18(22)23-19(2,3)4/h14-17,20H,5-13H2,1-4H3,(H,21,22). The van der Waals surface area contributed by atoms with E-state index >= 15 is 0 Å². The van der Waals surface area contributed by atoms with Gasteiger partial charge in [0.15, 0.2) is 0 Å². The number of carbonyl (C=O) groups excluding carboxylic acids is 1. The van der Waals surface area contributed by atoms with Gasteiger partial charge in [-0.05, 0) is 58.8 Å². The molecule has 4 heteroatoms. The SMILES string of the molecule is CCC1CCC(NC2CCCCCC2NC(=O)OC(C)(C)C)C1. The summed E-state index contributed by atoms with van der Waals surface area (Å²) in [5.41, 5.74) is -0.433. The first-order valence-electron chi connectivity index (χ1n) is 9.63. The van der Waals surface area contributed by atoms with Crippen molar-refractivity contribution < 1.29 is 9.53 Å². The number of nitrogens with one attached hydrogen (secondary N) is 2. The minimum atomic E-state index is -0.433. The molecule has 0 heterocycles. The van der Waals surface area contributed by atoms with Crippen molar-refractivity contribution in [2.24, 2.45) is 5.92 Å². The summed E-state index contributed by atoms with van der Waals surface area (Å²) in [6, 6.07) is 1.23. The molecule has 4 nitrogen and oxygen atoms in total. The van der Waals surface area contributed by atoms with Crippen LogP contribution in [-0.4, -0.2) is 29.8 Å². The van der Waals surface area contributed by atoms with Crippen molar-refractivity contribution in [3.63, 3.8) is 0 Å². The maximum absolute atomic E-state index is 12.2. The predicted octanol–water partition coefficient (Wildman–Crippen LogP) is 4.38. The molecule has 2 N–H and O–H groups in total. The molecule has 4 unspecified atom stereocenters. The lowest BCUT2D eigenvalue weighted by Gasteiger charge is -2.31. The number of amides is 1. The average molecular weight is 325 g/mol. The zero-order valence-electron chi connectivity index (χ0n) is 15.5. The molecule has 0 aromatic carbocycles. The van der Waals surface area contributed by atoms with Crippen LogP contribution in [0.3, 0.4) is 0 Å². The van der Waals surface area contributed by atoms with E-state index in [0.29, 0.717) is 12.1 Å². The van der Waals surface area contributed by atoms with Crippen LogP contribution in [0.1, 0.15) is 85.5 Å². The Morgan fingerprint density at radius 3 is 2.35 bits per heavy atom. The van der Waals surface area contributed by atoms with Crippen LogP contribution >= 0.6 is 0 Å². The molecule has 0 bridgehead atoms. The smallest absolute Gasteiger partial charge is 0.407 e. The van der Waals surface area contributed by atoms with Crippen molar-refractivity contribution in [2.75, 3.05) is 0 Å². The molecule has 2 saturated carbocycles. The van der Waals surface area contributed by atoms with Crippen molar-refractivity contribution in [1.82, 2.24) is 10.6 Å². The first kappa shape index (κ1) is 18.6. The number of rotatable bonds is 4. The lowest BCUT2D eigenvalue weighted by atomic mass is 10.0. The van der Waals surface area contributed by atoms with E-state index in [1.54, 1.807) is 0 Å². The summed E-state index contributed by atoms with van der Waals surface area (Å²) < 4.78 is 5.46. The van der Waals surface area contributed by atoms with E-state index in [1.807, 2.05) is 20.8 Å². The van der Waals surface area contributed by atoms with Gasteiger partial charge in [0.05, 0.1) is 0 Å². The van der Waals surface area contributed by atoms with E-state index in [0.717, 1.165) is 18.8 Å². The van der Waals surface area contributed by atoms with E-state index < -0.39 is 5.60 Å². The minimum absolute atomic E-state index is 0.202. The van der Waals surface area contributed by atoms with Gasteiger partial charge in [-0.25, -0.2) is 4.79 Å². The number of alkyl carbamates (subject to hydrolysis) is 1. The van der Waals surface area contributed by atoms with Crippen LogP contribution in [0.5, 0.6) is 0 Å². The molecule has 0 aliphatic heterocycles. The van der Waals surface area contributed by atoms with Gasteiger partial charge in [-0.15, -0.1) is 0 Å². The van der Waals surface area contributed by atoms with Crippen molar-refractivity contribution in [2.45, 2.75) is 109 Å². The number of ether oxygens (including phenoxy) is 1. The maximum atomic E-state index is 12.2. The second-order valence-electron chi connectivity index (χ2n) is 8.45. The molecule has 0 spiro atoms. The normalized spacial score (nSPS) is 32.3. The van der Waals surface area contributed by atoms with Gasteiger partial charge in [0.25, 0.3) is 0 Å². The Morgan fingerprint density at radius 2 is 1.74 bits per heavy atom. The molecular weight excluding hydrogens is 288 g/mol. The van der Waals surface area contributed by atoms with Crippen LogP contribution in [0.4, 0.5) is 4.79 Å². The van der Waals surface area contributed by atoms with E-state index in [-0.39, 0.29) is 12.1 Å². The zero-order chi connectivity index (χ0) is 16.9. The van der Waals surface area contributed by atoms with Gasteiger partial charge in [0, 0.05) is 18.1 Å². The largest absolute Gasteiger partial charge is 0.444 e. The second kappa shape index (κ2) is 8.36. The summed E-state index contributed by atoms with van der Waals surface area (Å²) in [5.74, 6) is 0.885. The van der Waals surface area contributed by atoms with Crippen LogP contribution in [-0.2, 0) is 4.74 Å². The molecule has 0 aromatic rings. The Morgan fingerprint density at radius 1 is 1.04 bits per heavy atom. The van der Waals surface area contributed by atoms with Crippen LogP contribution in [0.2, 0.25) is 0 Å². The van der Waals surface area contributed by atoms with Crippen LogP contribution in [0, 0.1) is 5.92 Å². The van der Waals surface area contributed by atoms with Crippen LogP contribution < -0.4 is 10.6 Å². The van der Waals surface area contributed by atoms with Crippen LogP contribution in [0.25, 0.3) is 0 Å². The Kier molecular flexibility index (Phi) is 6.75. The lowest BCUT2D eigenvalue weighted by Crippen LogP contribution is -2.52. The molecule has 1 amide bonds. The zero-order valence-corrected chi connectivity index (χ0v) is 15.5. The molecule has 23 heavy (non-hydrogen) atoms. The summed E-state index contributed by atoms with van der Waals surface area (Å²) in [6.07, 6.45) is 10.9. The summed E-state index contributed by atoms with van der Waals surface area (Å²) in [7, 11) is 0. The van der Waals surface area contributed by atoms with Gasteiger partial charge in [-0.1, -0.05) is 32.6 Å². The fourth-order valence-electron chi connectivity index (χ4n) is 4.04. The molecule has 0 saturated heterocycles. The number of hydrogen-bond acceptors (Lipinski definition) is 3. The average Bonchev–Trinajstić information content (AvgIpc) is 2.79. The molecule has 0 aromatic heterocycles. The highest BCUT2D eigenvalue weighted by Crippen LogP contribution is 2.29. The van der Waals surface area contributed by atoms with E-state index in [2.05, 4.69) is 17.6 Å². The van der Waals surface area contributed by atoms with Gasteiger partial charge >= 0.3 is 6.09 Å². The highest BCUT2D eigenvalue weighted by Gasteiger charge is 2.31. The topological polar surface area (TPSA) is 50.4 Å². The van der Waals surface area contributed by atoms with Crippen molar-refractivity contribution in [1.29, 1.82) is 0 Å². The van der Waals surface area contributed by atoms with Gasteiger partial charge in [-0.2, -0.15) is 0 Å². The monoisotopic (exact) mass is 324 g/mol. The van der Waals surface area contributed by atoms with Crippen LogP contribution in [0.15, 0.2) is 0 Å². The number of hydrogen-bond donors (Lipinski definition) is 2. The van der Waals surface area contributed by atoms with Gasteiger partial charge in [0.1, 0.15) is 5.60 Å². The van der Waals surface area contributed by atoms with Gasteiger partial charge in [0.2, 0.25) is 0 Å². The third-order valence-corrected chi connectivity index (χ3v) is 5.29. The molecule has 2 rings (SSSR count). The molecule has 2 fully saturated rings. The number of carbonyl (C=O) groups is 1. The molecule has 134 valence electrons. The second-order valence-corrected chi connectivity index (χ2v) is 8.45. The van der Waals surface area contributed by atoms with Gasteiger partial charge < -0.3 is 15.4 Å². The van der Waals surface area contributed by atoms with Gasteiger partial charge in [-0.3, -0.25) is 0 Å². The predicted molar refractivity (Wildman–Crippen MR) is 94.6 cm³/mol. The fourth-order valence-corrected chi connectivity index (χ4v) is 4.04. The summed E-state index contributed by atoms with van der Waals surface area (Å²) in [6.45, 7) is 8.04. The first-order chi connectivity index (χ1) is 10.9. The molecule has 4 atom stereocenters. The Bertz CT molecular complexity index is 378. The quantitative estimate of drug-likeness (QED) is 0.755. The van der Waals surface area contributed by atoms with E-state index in [1.165, 1.54) is 44.9 Å². The summed E-state index contributed by atoms with van der Waals surface area (Å²) >= 11 is 0. The Hall–Kier alpha value is -0.770. The Balaban J connectivity index is 1.90. The maximum Gasteiger partial charge on any atom is 0.407 e. The molecule has 2 aliphatic rings. The Labute approximate surface area is 142 Å². The third kappa shape index (κ3) is 6.33. The fraction of sp³-hybridized carbons (Fsp3) is 0.947. The van der Waals surface area contributed by atoms with E-state index in [4.69, 9.17) is 4.74 Å². The third-order valence-electron chi connectivity index (χ3n) is 5.29. The minimum Gasteiger partial charge on any atom is -0.444 e. The van der Waals surface area contributed by atoms with Crippen molar-refractivity contribution in [3.8, 4) is 0 Å².